The molecule has 4 rings (SSSR count). The SMILES string of the molecule is C[C@H]1CCCCN1S(=O)(=O)c1ccc(C(=O)Nc2ccc(N3CCCC3)nc2)cc1. The number of benzene rings is 1. The van der Waals surface area contributed by atoms with E-state index in [1.807, 2.05) is 19.1 Å². The first-order chi connectivity index (χ1) is 14.4. The molecule has 2 aliphatic rings. The number of pyridine rings is 1. The van der Waals surface area contributed by atoms with Gasteiger partial charge in [0.2, 0.25) is 10.0 Å². The van der Waals surface area contributed by atoms with Gasteiger partial charge >= 0.3 is 0 Å². The number of hydrogen-bond donors (Lipinski definition) is 1. The van der Waals surface area contributed by atoms with E-state index >= 15 is 0 Å². The van der Waals surface area contributed by atoms with E-state index in [9.17, 15) is 13.2 Å². The largest absolute Gasteiger partial charge is 0.357 e. The minimum atomic E-state index is -3.54. The van der Waals surface area contributed by atoms with Crippen molar-refractivity contribution in [2.75, 3.05) is 29.9 Å². The molecule has 0 saturated carbocycles. The molecule has 30 heavy (non-hydrogen) atoms. The normalized spacial score (nSPS) is 20.3. The van der Waals surface area contributed by atoms with Crippen molar-refractivity contribution in [2.45, 2.75) is 50.0 Å². The predicted molar refractivity (Wildman–Crippen MR) is 117 cm³/mol. The maximum atomic E-state index is 12.9. The van der Waals surface area contributed by atoms with Gasteiger partial charge in [-0.25, -0.2) is 13.4 Å². The van der Waals surface area contributed by atoms with Crippen molar-refractivity contribution in [3.05, 3.63) is 48.2 Å². The Labute approximate surface area is 178 Å². The van der Waals surface area contributed by atoms with Crippen molar-refractivity contribution in [1.29, 1.82) is 0 Å². The van der Waals surface area contributed by atoms with Crippen LogP contribution in [0, 0.1) is 0 Å². The fourth-order valence-corrected chi connectivity index (χ4v) is 5.84. The molecule has 2 saturated heterocycles. The summed E-state index contributed by atoms with van der Waals surface area (Å²) in [6.45, 7) is 4.53. The van der Waals surface area contributed by atoms with E-state index in [0.29, 0.717) is 17.8 Å². The Morgan fingerprint density at radius 2 is 1.70 bits per heavy atom. The number of hydrogen-bond acceptors (Lipinski definition) is 5. The Bertz CT molecular complexity index is 984. The van der Waals surface area contributed by atoms with Crippen LogP contribution in [-0.4, -0.2) is 49.3 Å². The molecule has 1 aromatic heterocycles. The second-order valence-corrected chi connectivity index (χ2v) is 9.93. The molecule has 0 unspecified atom stereocenters. The van der Waals surface area contributed by atoms with Crippen LogP contribution in [0.15, 0.2) is 47.5 Å². The number of piperidine rings is 1. The monoisotopic (exact) mass is 428 g/mol. The van der Waals surface area contributed by atoms with Crippen molar-refractivity contribution in [2.24, 2.45) is 0 Å². The molecule has 0 spiro atoms. The quantitative estimate of drug-likeness (QED) is 0.788. The Balaban J connectivity index is 1.42. The smallest absolute Gasteiger partial charge is 0.255 e. The van der Waals surface area contributed by atoms with Crippen molar-refractivity contribution in [1.82, 2.24) is 9.29 Å². The number of nitrogens with zero attached hydrogens (tertiary/aromatic N) is 3. The number of sulfonamides is 1. The molecule has 1 atom stereocenters. The average molecular weight is 429 g/mol. The van der Waals surface area contributed by atoms with Crippen molar-refractivity contribution in [3.8, 4) is 0 Å². The lowest BCUT2D eigenvalue weighted by Crippen LogP contribution is -2.41. The summed E-state index contributed by atoms with van der Waals surface area (Å²) in [5.74, 6) is 0.632. The Kier molecular flexibility index (Phi) is 6.06. The number of nitrogens with one attached hydrogen (secondary N) is 1. The summed E-state index contributed by atoms with van der Waals surface area (Å²) in [5.41, 5.74) is 1.02. The standard InChI is InChI=1S/C22H28N4O3S/c1-17-6-2-3-15-26(17)30(28,29)20-10-7-18(8-11-20)22(27)24-19-9-12-21(23-16-19)25-13-4-5-14-25/h7-12,16-17H,2-6,13-15H2,1H3,(H,24,27)/t17-/m0/s1. The fraction of sp³-hybridized carbons (Fsp3) is 0.455. The van der Waals surface area contributed by atoms with Crippen LogP contribution in [0.1, 0.15) is 49.4 Å². The maximum absolute atomic E-state index is 12.9. The number of anilines is 2. The topological polar surface area (TPSA) is 82.6 Å². The third-order valence-corrected chi connectivity index (χ3v) is 7.93. The summed E-state index contributed by atoms with van der Waals surface area (Å²) < 4.78 is 27.4. The molecule has 0 bridgehead atoms. The van der Waals surface area contributed by atoms with Crippen molar-refractivity contribution in [3.63, 3.8) is 0 Å². The first-order valence-corrected chi connectivity index (χ1v) is 12.0. The van der Waals surface area contributed by atoms with Gasteiger partial charge in [0.1, 0.15) is 5.82 Å². The molecular formula is C22H28N4O3S. The lowest BCUT2D eigenvalue weighted by Gasteiger charge is -2.32. The van der Waals surface area contributed by atoms with Gasteiger partial charge in [0.05, 0.1) is 16.8 Å². The summed E-state index contributed by atoms with van der Waals surface area (Å²) in [7, 11) is -3.54. The summed E-state index contributed by atoms with van der Waals surface area (Å²) in [4.78, 5) is 19.5. The number of aromatic nitrogens is 1. The first kappa shape index (κ1) is 20.8. The van der Waals surface area contributed by atoms with Crippen LogP contribution in [0.4, 0.5) is 11.5 Å². The molecule has 2 aromatic rings. The fourth-order valence-electron chi connectivity index (χ4n) is 4.14. The molecule has 160 valence electrons. The van der Waals surface area contributed by atoms with Crippen LogP contribution in [0.5, 0.6) is 0 Å². The summed E-state index contributed by atoms with van der Waals surface area (Å²) in [5, 5.41) is 2.82. The first-order valence-electron chi connectivity index (χ1n) is 10.6. The van der Waals surface area contributed by atoms with Gasteiger partial charge in [0.25, 0.3) is 5.91 Å². The van der Waals surface area contributed by atoms with Gasteiger partial charge in [-0.3, -0.25) is 4.79 Å². The number of amides is 1. The van der Waals surface area contributed by atoms with Gasteiger partial charge in [-0.1, -0.05) is 6.42 Å². The molecule has 0 aliphatic carbocycles. The van der Waals surface area contributed by atoms with Crippen LogP contribution < -0.4 is 10.2 Å². The zero-order valence-corrected chi connectivity index (χ0v) is 18.1. The van der Waals surface area contributed by atoms with Crippen LogP contribution in [0.25, 0.3) is 0 Å². The van der Waals surface area contributed by atoms with E-state index in [0.717, 1.165) is 38.2 Å². The zero-order chi connectivity index (χ0) is 21.1. The lowest BCUT2D eigenvalue weighted by atomic mass is 10.1. The molecule has 8 heteroatoms. The minimum Gasteiger partial charge on any atom is -0.357 e. The highest BCUT2D eigenvalue weighted by Crippen LogP contribution is 2.25. The van der Waals surface area contributed by atoms with E-state index in [2.05, 4.69) is 15.2 Å². The summed E-state index contributed by atoms with van der Waals surface area (Å²) in [6.07, 6.45) is 6.84. The molecule has 3 heterocycles. The Morgan fingerprint density at radius 1 is 1.00 bits per heavy atom. The number of rotatable bonds is 5. The van der Waals surface area contributed by atoms with E-state index < -0.39 is 10.0 Å². The van der Waals surface area contributed by atoms with E-state index in [1.165, 1.54) is 25.0 Å². The van der Waals surface area contributed by atoms with Gasteiger partial charge in [0, 0.05) is 31.2 Å². The van der Waals surface area contributed by atoms with Gasteiger partial charge in [0.15, 0.2) is 0 Å². The molecule has 1 aromatic carbocycles. The summed E-state index contributed by atoms with van der Waals surface area (Å²) >= 11 is 0. The molecule has 2 fully saturated rings. The second-order valence-electron chi connectivity index (χ2n) is 8.04. The number of carbonyl (C=O) groups excluding carboxylic acids is 1. The van der Waals surface area contributed by atoms with Crippen molar-refractivity contribution < 1.29 is 13.2 Å². The van der Waals surface area contributed by atoms with Crippen LogP contribution >= 0.6 is 0 Å². The third-order valence-electron chi connectivity index (χ3n) is 5.90. The highest BCUT2D eigenvalue weighted by molar-refractivity contribution is 7.89. The Hall–Kier alpha value is -2.45. The second kappa shape index (κ2) is 8.73. The van der Waals surface area contributed by atoms with E-state index in [4.69, 9.17) is 0 Å². The molecule has 1 N–H and O–H groups in total. The number of carbonyl (C=O) groups is 1. The summed E-state index contributed by atoms with van der Waals surface area (Å²) in [6, 6.07) is 9.90. The van der Waals surface area contributed by atoms with Crippen LogP contribution in [0.3, 0.4) is 0 Å². The van der Waals surface area contributed by atoms with Gasteiger partial charge in [-0.15, -0.1) is 0 Å². The predicted octanol–water partition coefficient (Wildman–Crippen LogP) is 3.50. The molecule has 0 radical (unpaired) electrons. The molecule has 7 nitrogen and oxygen atoms in total. The highest BCUT2D eigenvalue weighted by Gasteiger charge is 2.30. The average Bonchev–Trinajstić information content (AvgIpc) is 3.29. The van der Waals surface area contributed by atoms with Crippen molar-refractivity contribution >= 4 is 27.4 Å². The van der Waals surface area contributed by atoms with Gasteiger partial charge < -0.3 is 10.2 Å². The van der Waals surface area contributed by atoms with Crippen LogP contribution in [-0.2, 0) is 10.0 Å². The third kappa shape index (κ3) is 4.34. The maximum Gasteiger partial charge on any atom is 0.255 e. The van der Waals surface area contributed by atoms with Crippen LogP contribution in [0.2, 0.25) is 0 Å². The zero-order valence-electron chi connectivity index (χ0n) is 17.3. The van der Waals surface area contributed by atoms with E-state index in [1.54, 1.807) is 22.6 Å². The van der Waals surface area contributed by atoms with E-state index in [-0.39, 0.29) is 16.8 Å². The lowest BCUT2D eigenvalue weighted by molar-refractivity contribution is 0.102. The molecule has 1 amide bonds. The molecule has 2 aliphatic heterocycles. The van der Waals surface area contributed by atoms with Gasteiger partial charge in [-0.2, -0.15) is 4.31 Å². The molecular weight excluding hydrogens is 400 g/mol. The Morgan fingerprint density at radius 3 is 2.33 bits per heavy atom. The highest BCUT2D eigenvalue weighted by atomic mass is 32.2. The van der Waals surface area contributed by atoms with Gasteiger partial charge in [-0.05, 0) is 69.0 Å². The minimum absolute atomic E-state index is 0.00255.